The van der Waals surface area contributed by atoms with Gasteiger partial charge in [0, 0.05) is 11.9 Å². The number of benzene rings is 1. The van der Waals surface area contributed by atoms with E-state index in [4.69, 9.17) is 11.6 Å². The zero-order valence-electron chi connectivity index (χ0n) is 11.4. The summed E-state index contributed by atoms with van der Waals surface area (Å²) < 4.78 is 2.10. The molecule has 0 atom stereocenters. The zero-order chi connectivity index (χ0) is 13.9. The van der Waals surface area contributed by atoms with Gasteiger partial charge < -0.3 is 0 Å². The van der Waals surface area contributed by atoms with Gasteiger partial charge in [0.1, 0.15) is 11.3 Å². The highest BCUT2D eigenvalue weighted by molar-refractivity contribution is 6.17. The number of aromatic nitrogens is 3. The molecular weight excluding hydrogens is 270 g/mol. The quantitative estimate of drug-likeness (QED) is 0.675. The van der Waals surface area contributed by atoms with Crippen LogP contribution >= 0.6 is 11.6 Å². The molecule has 0 bridgehead atoms. The molecule has 0 saturated carbocycles. The molecule has 0 aliphatic carbocycles. The number of hydrogen-bond acceptors (Lipinski definition) is 2. The predicted molar refractivity (Wildman–Crippen MR) is 82.4 cm³/mol. The minimum atomic E-state index is 0.380. The van der Waals surface area contributed by atoms with E-state index in [1.807, 2.05) is 6.07 Å². The van der Waals surface area contributed by atoms with Gasteiger partial charge in [-0.05, 0) is 30.2 Å². The number of nitrogens with zero attached hydrogens (tertiary/aromatic N) is 3. The lowest BCUT2D eigenvalue weighted by atomic mass is 10.1. The first-order valence-electron chi connectivity index (χ1n) is 6.80. The van der Waals surface area contributed by atoms with Gasteiger partial charge in [0.2, 0.25) is 0 Å². The van der Waals surface area contributed by atoms with Crippen LogP contribution in [0, 0.1) is 0 Å². The Morgan fingerprint density at radius 2 is 1.95 bits per heavy atom. The largest absolute Gasteiger partial charge is 0.295 e. The molecule has 0 saturated heterocycles. The summed E-state index contributed by atoms with van der Waals surface area (Å²) in [5.74, 6) is 1.23. The second-order valence-electron chi connectivity index (χ2n) is 4.78. The van der Waals surface area contributed by atoms with E-state index in [1.54, 1.807) is 12.4 Å². The fraction of sp³-hybridized carbons (Fsp3) is 0.250. The standard InChI is InChI=1S/C16H16ClN3/c1-2-3-12-4-6-13(7-5-12)20-15-8-9-18-11-14(15)19-16(20)10-17/h4-9,11H,2-3,10H2,1H3. The van der Waals surface area contributed by atoms with E-state index in [9.17, 15) is 0 Å². The lowest BCUT2D eigenvalue weighted by Crippen LogP contribution is -1.99. The van der Waals surface area contributed by atoms with Gasteiger partial charge >= 0.3 is 0 Å². The number of rotatable bonds is 4. The molecule has 1 aromatic carbocycles. The maximum absolute atomic E-state index is 6.03. The maximum atomic E-state index is 6.03. The third kappa shape index (κ3) is 2.29. The first-order chi connectivity index (χ1) is 9.83. The number of aryl methyl sites for hydroxylation is 1. The van der Waals surface area contributed by atoms with Gasteiger partial charge in [0.15, 0.2) is 0 Å². The summed E-state index contributed by atoms with van der Waals surface area (Å²) >= 11 is 6.03. The summed E-state index contributed by atoms with van der Waals surface area (Å²) in [5, 5.41) is 0. The molecule has 0 spiro atoms. The van der Waals surface area contributed by atoms with Gasteiger partial charge in [0.25, 0.3) is 0 Å². The highest BCUT2D eigenvalue weighted by Crippen LogP contribution is 2.22. The molecule has 2 heterocycles. The molecule has 4 heteroatoms. The average Bonchev–Trinajstić information content (AvgIpc) is 2.87. The SMILES string of the molecule is CCCc1ccc(-n2c(CCl)nc3cnccc32)cc1. The maximum Gasteiger partial charge on any atom is 0.129 e. The van der Waals surface area contributed by atoms with Gasteiger partial charge in [-0.3, -0.25) is 9.55 Å². The smallest absolute Gasteiger partial charge is 0.129 e. The van der Waals surface area contributed by atoms with Crippen LogP contribution in [0.3, 0.4) is 0 Å². The van der Waals surface area contributed by atoms with Crippen LogP contribution in [0.15, 0.2) is 42.7 Å². The first-order valence-corrected chi connectivity index (χ1v) is 7.33. The van der Waals surface area contributed by atoms with Crippen molar-refractivity contribution in [2.45, 2.75) is 25.6 Å². The Labute approximate surface area is 123 Å². The molecule has 20 heavy (non-hydrogen) atoms. The van der Waals surface area contributed by atoms with E-state index in [0.29, 0.717) is 5.88 Å². The van der Waals surface area contributed by atoms with Crippen molar-refractivity contribution in [3.63, 3.8) is 0 Å². The normalized spacial score (nSPS) is 11.1. The average molecular weight is 286 g/mol. The molecule has 0 amide bonds. The third-order valence-corrected chi connectivity index (χ3v) is 3.62. The van der Waals surface area contributed by atoms with Gasteiger partial charge in [-0.2, -0.15) is 0 Å². The Morgan fingerprint density at radius 1 is 1.15 bits per heavy atom. The fourth-order valence-electron chi connectivity index (χ4n) is 2.46. The number of halogens is 1. The van der Waals surface area contributed by atoms with Crippen LogP contribution < -0.4 is 0 Å². The van der Waals surface area contributed by atoms with Gasteiger partial charge in [-0.25, -0.2) is 4.98 Å². The predicted octanol–water partition coefficient (Wildman–Crippen LogP) is 4.11. The molecule has 0 aliphatic rings. The summed E-state index contributed by atoms with van der Waals surface area (Å²) in [6, 6.07) is 10.6. The van der Waals surface area contributed by atoms with E-state index in [1.165, 1.54) is 5.56 Å². The highest BCUT2D eigenvalue weighted by atomic mass is 35.5. The summed E-state index contributed by atoms with van der Waals surface area (Å²) in [4.78, 5) is 8.65. The Balaban J connectivity index is 2.12. The Bertz CT molecular complexity index is 716. The Morgan fingerprint density at radius 3 is 2.65 bits per heavy atom. The molecule has 3 nitrogen and oxygen atoms in total. The van der Waals surface area contributed by atoms with Crippen molar-refractivity contribution >= 4 is 22.6 Å². The van der Waals surface area contributed by atoms with Crippen molar-refractivity contribution in [1.29, 1.82) is 0 Å². The first kappa shape index (κ1) is 13.1. The fourth-order valence-corrected chi connectivity index (χ4v) is 2.64. The Kier molecular flexibility index (Phi) is 3.70. The van der Waals surface area contributed by atoms with Gasteiger partial charge in [0.05, 0.1) is 17.6 Å². The van der Waals surface area contributed by atoms with Gasteiger partial charge in [-0.15, -0.1) is 11.6 Å². The van der Waals surface area contributed by atoms with E-state index < -0.39 is 0 Å². The summed E-state index contributed by atoms with van der Waals surface area (Å²) in [6.45, 7) is 2.19. The number of pyridine rings is 1. The monoisotopic (exact) mass is 285 g/mol. The number of fused-ring (bicyclic) bond motifs is 1. The summed E-state index contributed by atoms with van der Waals surface area (Å²) in [6.07, 6.45) is 5.82. The minimum absolute atomic E-state index is 0.380. The van der Waals surface area contributed by atoms with E-state index in [0.717, 1.165) is 35.4 Å². The van der Waals surface area contributed by atoms with E-state index in [-0.39, 0.29) is 0 Å². The van der Waals surface area contributed by atoms with Gasteiger partial charge in [-0.1, -0.05) is 25.5 Å². The number of alkyl halides is 1. The van der Waals surface area contributed by atoms with Crippen molar-refractivity contribution in [2.75, 3.05) is 0 Å². The van der Waals surface area contributed by atoms with Crippen LogP contribution in [0.4, 0.5) is 0 Å². The van der Waals surface area contributed by atoms with Crippen molar-refractivity contribution in [3.8, 4) is 5.69 Å². The van der Waals surface area contributed by atoms with Crippen molar-refractivity contribution in [1.82, 2.24) is 14.5 Å². The number of imidazole rings is 1. The van der Waals surface area contributed by atoms with Crippen LogP contribution in [-0.2, 0) is 12.3 Å². The van der Waals surface area contributed by atoms with Crippen LogP contribution in [0.2, 0.25) is 0 Å². The lowest BCUT2D eigenvalue weighted by molar-refractivity contribution is 0.918. The van der Waals surface area contributed by atoms with Crippen molar-refractivity contribution in [3.05, 3.63) is 54.1 Å². The van der Waals surface area contributed by atoms with Crippen LogP contribution in [0.1, 0.15) is 24.7 Å². The van der Waals surface area contributed by atoms with E-state index >= 15 is 0 Å². The molecule has 0 aliphatic heterocycles. The second kappa shape index (κ2) is 5.63. The Hall–Kier alpha value is -1.87. The number of hydrogen-bond donors (Lipinski definition) is 0. The molecule has 0 fully saturated rings. The highest BCUT2D eigenvalue weighted by Gasteiger charge is 2.11. The van der Waals surface area contributed by atoms with Crippen molar-refractivity contribution < 1.29 is 0 Å². The lowest BCUT2D eigenvalue weighted by Gasteiger charge is -2.08. The van der Waals surface area contributed by atoms with E-state index in [2.05, 4.69) is 45.7 Å². The minimum Gasteiger partial charge on any atom is -0.295 e. The second-order valence-corrected chi connectivity index (χ2v) is 5.05. The van der Waals surface area contributed by atoms with Crippen LogP contribution in [-0.4, -0.2) is 14.5 Å². The van der Waals surface area contributed by atoms with Crippen LogP contribution in [0.5, 0.6) is 0 Å². The zero-order valence-corrected chi connectivity index (χ0v) is 12.1. The topological polar surface area (TPSA) is 30.7 Å². The summed E-state index contributed by atoms with van der Waals surface area (Å²) in [5.41, 5.74) is 4.36. The molecule has 0 radical (unpaired) electrons. The molecule has 102 valence electrons. The molecular formula is C16H16ClN3. The molecule has 3 rings (SSSR count). The van der Waals surface area contributed by atoms with Crippen LogP contribution in [0.25, 0.3) is 16.7 Å². The van der Waals surface area contributed by atoms with Crippen molar-refractivity contribution in [2.24, 2.45) is 0 Å². The molecule has 2 aromatic heterocycles. The molecule has 0 unspecified atom stereocenters. The third-order valence-electron chi connectivity index (χ3n) is 3.38. The molecule has 0 N–H and O–H groups in total. The molecule has 3 aromatic rings. The summed E-state index contributed by atoms with van der Waals surface area (Å²) in [7, 11) is 0.